The fourth-order valence-electron chi connectivity index (χ4n) is 3.66. The Balaban J connectivity index is 0.00000208. The Morgan fingerprint density at radius 2 is 2.29 bits per heavy atom. The van der Waals surface area contributed by atoms with Crippen molar-refractivity contribution < 1.29 is 4.79 Å². The van der Waals surface area contributed by atoms with Crippen LogP contribution in [0.4, 0.5) is 0 Å². The van der Waals surface area contributed by atoms with Gasteiger partial charge in [0.05, 0.1) is 12.2 Å². The van der Waals surface area contributed by atoms with Gasteiger partial charge in [-0.1, -0.05) is 0 Å². The van der Waals surface area contributed by atoms with Crippen LogP contribution in [0.15, 0.2) is 12.4 Å². The molecule has 1 aromatic rings. The third-order valence-corrected chi connectivity index (χ3v) is 4.96. The van der Waals surface area contributed by atoms with Crippen molar-refractivity contribution in [1.29, 1.82) is 0 Å². The second-order valence-corrected chi connectivity index (χ2v) is 6.84. The summed E-state index contributed by atoms with van der Waals surface area (Å²) in [6.07, 6.45) is 8.62. The smallest absolute Gasteiger partial charge is 0.237 e. The maximum Gasteiger partial charge on any atom is 0.237 e. The summed E-state index contributed by atoms with van der Waals surface area (Å²) >= 11 is 0. The van der Waals surface area contributed by atoms with Crippen LogP contribution >= 0.6 is 12.4 Å². The normalized spacial score (nSPS) is 24.5. The highest BCUT2D eigenvalue weighted by Crippen LogP contribution is 2.18. The van der Waals surface area contributed by atoms with E-state index in [4.69, 9.17) is 0 Å². The van der Waals surface area contributed by atoms with Crippen molar-refractivity contribution >= 4 is 18.3 Å². The number of carbonyl (C=O) groups excluding carboxylic acids is 1. The maximum absolute atomic E-state index is 12.1. The van der Waals surface area contributed by atoms with E-state index in [2.05, 4.69) is 33.8 Å². The van der Waals surface area contributed by atoms with Crippen molar-refractivity contribution in [1.82, 2.24) is 25.3 Å². The summed E-state index contributed by atoms with van der Waals surface area (Å²) in [5.74, 6) is 0.749. The van der Waals surface area contributed by atoms with E-state index in [0.717, 1.165) is 52.1 Å². The van der Waals surface area contributed by atoms with E-state index in [1.807, 2.05) is 10.9 Å². The second-order valence-electron chi connectivity index (χ2n) is 6.84. The first-order valence-electron chi connectivity index (χ1n) is 8.99. The molecule has 2 unspecified atom stereocenters. The molecule has 6 nitrogen and oxygen atoms in total. The highest BCUT2D eigenvalue weighted by atomic mass is 35.5. The average molecular weight is 356 g/mol. The molecule has 2 N–H and O–H groups in total. The molecule has 2 fully saturated rings. The van der Waals surface area contributed by atoms with Crippen molar-refractivity contribution in [2.24, 2.45) is 5.92 Å². The monoisotopic (exact) mass is 355 g/mol. The van der Waals surface area contributed by atoms with Gasteiger partial charge in [-0.2, -0.15) is 5.10 Å². The molecule has 0 aromatic carbocycles. The number of hydrogen-bond donors (Lipinski definition) is 2. The van der Waals surface area contributed by atoms with Gasteiger partial charge < -0.3 is 10.6 Å². The molecule has 3 rings (SSSR count). The standard InChI is InChI=1S/C17H29N5O.ClH/c1-2-22-13-15(10-20-22)12-21-8-4-5-14(11-21)9-19-17(23)16-6-3-7-18-16;/h10,13-14,16,18H,2-9,11-12H2,1H3,(H,19,23);1H. The van der Waals surface area contributed by atoms with Crippen molar-refractivity contribution in [3.8, 4) is 0 Å². The van der Waals surface area contributed by atoms with E-state index >= 15 is 0 Å². The summed E-state index contributed by atoms with van der Waals surface area (Å²) in [4.78, 5) is 14.6. The van der Waals surface area contributed by atoms with E-state index in [-0.39, 0.29) is 24.4 Å². The van der Waals surface area contributed by atoms with Gasteiger partial charge in [-0.25, -0.2) is 0 Å². The molecule has 24 heavy (non-hydrogen) atoms. The molecule has 0 radical (unpaired) electrons. The molecular formula is C17H30ClN5O. The van der Waals surface area contributed by atoms with Crippen LogP contribution in [0, 0.1) is 5.92 Å². The Kier molecular flexibility index (Phi) is 7.52. The minimum Gasteiger partial charge on any atom is -0.354 e. The van der Waals surface area contributed by atoms with Crippen LogP contribution in [-0.4, -0.2) is 52.8 Å². The summed E-state index contributed by atoms with van der Waals surface area (Å²) in [5, 5.41) is 10.8. The molecule has 1 amide bonds. The van der Waals surface area contributed by atoms with E-state index in [1.54, 1.807) is 0 Å². The van der Waals surface area contributed by atoms with Crippen LogP contribution in [0.25, 0.3) is 0 Å². The molecule has 0 spiro atoms. The van der Waals surface area contributed by atoms with Crippen LogP contribution in [-0.2, 0) is 17.9 Å². The van der Waals surface area contributed by atoms with Gasteiger partial charge in [0.2, 0.25) is 5.91 Å². The van der Waals surface area contributed by atoms with Crippen molar-refractivity contribution in [3.05, 3.63) is 18.0 Å². The molecule has 2 aliphatic rings. The number of piperidine rings is 1. The number of amides is 1. The van der Waals surface area contributed by atoms with E-state index < -0.39 is 0 Å². The SMILES string of the molecule is CCn1cc(CN2CCCC(CNC(=O)C3CCCN3)C2)cn1.Cl. The van der Waals surface area contributed by atoms with Crippen LogP contribution in [0.5, 0.6) is 0 Å². The minimum atomic E-state index is 0. The summed E-state index contributed by atoms with van der Waals surface area (Å²) in [6.45, 7) is 7.98. The first-order chi connectivity index (χ1) is 11.2. The number of hydrogen-bond acceptors (Lipinski definition) is 4. The minimum absolute atomic E-state index is 0. The van der Waals surface area contributed by atoms with Gasteiger partial charge in [0.15, 0.2) is 0 Å². The Morgan fingerprint density at radius 3 is 3.00 bits per heavy atom. The molecule has 2 aliphatic heterocycles. The number of aryl methyl sites for hydroxylation is 1. The van der Waals surface area contributed by atoms with E-state index in [1.165, 1.54) is 18.4 Å². The molecule has 136 valence electrons. The van der Waals surface area contributed by atoms with Gasteiger partial charge in [0.1, 0.15) is 0 Å². The Bertz CT molecular complexity index is 515. The Labute approximate surface area is 150 Å². The number of likely N-dealkylation sites (tertiary alicyclic amines) is 1. The molecule has 2 atom stereocenters. The Morgan fingerprint density at radius 1 is 1.42 bits per heavy atom. The van der Waals surface area contributed by atoms with Gasteiger partial charge in [-0.3, -0.25) is 14.4 Å². The first-order valence-corrected chi connectivity index (χ1v) is 8.99. The van der Waals surface area contributed by atoms with Gasteiger partial charge >= 0.3 is 0 Å². The molecule has 1 aromatic heterocycles. The van der Waals surface area contributed by atoms with Crippen molar-refractivity contribution in [3.63, 3.8) is 0 Å². The Hall–Kier alpha value is -1.11. The van der Waals surface area contributed by atoms with Crippen LogP contribution in [0.3, 0.4) is 0 Å². The predicted molar refractivity (Wildman–Crippen MR) is 97.2 cm³/mol. The van der Waals surface area contributed by atoms with Crippen LogP contribution in [0.2, 0.25) is 0 Å². The van der Waals surface area contributed by atoms with E-state index in [0.29, 0.717) is 5.92 Å². The molecule has 0 bridgehead atoms. The summed E-state index contributed by atoms with van der Waals surface area (Å²) in [7, 11) is 0. The zero-order valence-corrected chi connectivity index (χ0v) is 15.4. The lowest BCUT2D eigenvalue weighted by molar-refractivity contribution is -0.123. The molecular weight excluding hydrogens is 326 g/mol. The van der Waals surface area contributed by atoms with Crippen molar-refractivity contribution in [2.75, 3.05) is 26.2 Å². The van der Waals surface area contributed by atoms with Crippen LogP contribution < -0.4 is 10.6 Å². The zero-order valence-electron chi connectivity index (χ0n) is 14.5. The lowest BCUT2D eigenvalue weighted by Gasteiger charge is -2.32. The number of halogens is 1. The third-order valence-electron chi connectivity index (χ3n) is 4.96. The molecule has 3 heterocycles. The number of rotatable bonds is 6. The van der Waals surface area contributed by atoms with Gasteiger partial charge in [-0.15, -0.1) is 12.4 Å². The highest BCUT2D eigenvalue weighted by Gasteiger charge is 2.24. The van der Waals surface area contributed by atoms with Crippen LogP contribution in [0.1, 0.15) is 38.2 Å². The average Bonchev–Trinajstić information content (AvgIpc) is 3.24. The first kappa shape index (κ1) is 19.2. The fourth-order valence-corrected chi connectivity index (χ4v) is 3.66. The second kappa shape index (κ2) is 9.39. The predicted octanol–water partition coefficient (Wildman–Crippen LogP) is 1.40. The lowest BCUT2D eigenvalue weighted by atomic mass is 9.97. The largest absolute Gasteiger partial charge is 0.354 e. The van der Waals surface area contributed by atoms with Gasteiger partial charge in [-0.05, 0) is 51.6 Å². The molecule has 7 heteroatoms. The third kappa shape index (κ3) is 5.19. The summed E-state index contributed by atoms with van der Waals surface area (Å²) in [5.41, 5.74) is 1.28. The maximum atomic E-state index is 12.1. The van der Waals surface area contributed by atoms with Gasteiger partial charge in [0, 0.05) is 37.9 Å². The molecule has 0 saturated carbocycles. The highest BCUT2D eigenvalue weighted by molar-refractivity contribution is 5.85. The van der Waals surface area contributed by atoms with Crippen molar-refractivity contribution in [2.45, 2.75) is 51.7 Å². The molecule has 2 saturated heterocycles. The number of nitrogens with zero attached hydrogens (tertiary/aromatic N) is 3. The van der Waals surface area contributed by atoms with E-state index in [9.17, 15) is 4.79 Å². The number of carbonyl (C=O) groups is 1. The van der Waals surface area contributed by atoms with Gasteiger partial charge in [0.25, 0.3) is 0 Å². The summed E-state index contributed by atoms with van der Waals surface area (Å²) < 4.78 is 1.98. The quantitative estimate of drug-likeness (QED) is 0.809. The number of aromatic nitrogens is 2. The lowest BCUT2D eigenvalue weighted by Crippen LogP contribution is -2.45. The fraction of sp³-hybridized carbons (Fsp3) is 0.765. The molecule has 0 aliphatic carbocycles. The number of nitrogens with one attached hydrogen (secondary N) is 2. The topological polar surface area (TPSA) is 62.2 Å². The summed E-state index contributed by atoms with van der Waals surface area (Å²) in [6, 6.07) is 0.0366. The zero-order chi connectivity index (χ0) is 16.1.